The molecule has 0 aliphatic carbocycles. The quantitative estimate of drug-likeness (QED) is 0.656. The van der Waals surface area contributed by atoms with Gasteiger partial charge >= 0.3 is 0 Å². The summed E-state index contributed by atoms with van der Waals surface area (Å²) < 4.78 is 39.0. The molecule has 4 heteroatoms. The Bertz CT molecular complexity index is 483. The van der Waals surface area contributed by atoms with Gasteiger partial charge in [-0.25, -0.2) is 13.2 Å². The van der Waals surface area contributed by atoms with Gasteiger partial charge in [-0.05, 0) is 12.1 Å². The molecule has 0 aliphatic rings. The second kappa shape index (κ2) is 3.73. The van der Waals surface area contributed by atoms with Gasteiger partial charge in [-0.1, -0.05) is 6.07 Å². The van der Waals surface area contributed by atoms with Crippen molar-refractivity contribution in [1.82, 2.24) is 4.98 Å². The van der Waals surface area contributed by atoms with Crippen LogP contribution in [-0.2, 0) is 0 Å². The molecule has 75 valence electrons. The van der Waals surface area contributed by atoms with Gasteiger partial charge in [0, 0.05) is 23.9 Å². The molecule has 0 spiro atoms. The van der Waals surface area contributed by atoms with Crippen LogP contribution in [0.25, 0.3) is 11.3 Å². The lowest BCUT2D eigenvalue weighted by molar-refractivity contribution is 0.497. The molecule has 0 bridgehead atoms. The summed E-state index contributed by atoms with van der Waals surface area (Å²) in [6, 6.07) is 7.04. The number of aromatic nitrogens is 1. The van der Waals surface area contributed by atoms with Crippen LogP contribution in [-0.4, -0.2) is 4.98 Å². The van der Waals surface area contributed by atoms with Gasteiger partial charge < -0.3 is 0 Å². The fraction of sp³-hybridized carbons (Fsp3) is 0. The van der Waals surface area contributed by atoms with Crippen LogP contribution >= 0.6 is 0 Å². The van der Waals surface area contributed by atoms with Crippen molar-refractivity contribution in [2.75, 3.05) is 0 Å². The fourth-order valence-corrected chi connectivity index (χ4v) is 1.20. The van der Waals surface area contributed by atoms with Crippen molar-refractivity contribution in [2.45, 2.75) is 0 Å². The average Bonchev–Trinajstić information content (AvgIpc) is 2.24. The number of hydrogen-bond donors (Lipinski definition) is 0. The zero-order valence-electron chi connectivity index (χ0n) is 7.47. The summed E-state index contributed by atoms with van der Waals surface area (Å²) in [5, 5.41) is 0. The summed E-state index contributed by atoms with van der Waals surface area (Å²) in [6.07, 6.45) is 1.40. The third-order valence-corrected chi connectivity index (χ3v) is 1.85. The van der Waals surface area contributed by atoms with E-state index < -0.39 is 17.5 Å². The lowest BCUT2D eigenvalue weighted by Gasteiger charge is -2.02. The minimum atomic E-state index is -1.23. The Labute approximate surface area is 84.2 Å². The third kappa shape index (κ3) is 1.83. The molecule has 0 fully saturated rings. The molecule has 1 aromatic heterocycles. The first-order chi connectivity index (χ1) is 7.18. The van der Waals surface area contributed by atoms with Crippen LogP contribution in [0.5, 0.6) is 0 Å². The predicted molar refractivity (Wildman–Crippen MR) is 48.4 cm³/mol. The Morgan fingerprint density at radius 1 is 1.13 bits per heavy atom. The normalized spacial score (nSPS) is 10.3. The topological polar surface area (TPSA) is 12.9 Å². The lowest BCUT2D eigenvalue weighted by atomic mass is 10.1. The van der Waals surface area contributed by atoms with Gasteiger partial charge in [0.2, 0.25) is 0 Å². The maximum absolute atomic E-state index is 13.3. The molecule has 0 atom stereocenters. The number of benzene rings is 1. The van der Waals surface area contributed by atoms with Crippen LogP contribution < -0.4 is 0 Å². The van der Waals surface area contributed by atoms with Crippen LogP contribution in [0.2, 0.25) is 0 Å². The summed E-state index contributed by atoms with van der Waals surface area (Å²) in [6.45, 7) is 0. The molecule has 2 rings (SSSR count). The first-order valence-corrected chi connectivity index (χ1v) is 4.16. The maximum Gasteiger partial charge on any atom is 0.168 e. The van der Waals surface area contributed by atoms with Gasteiger partial charge in [0.1, 0.15) is 5.82 Å². The zero-order chi connectivity index (χ0) is 10.8. The van der Waals surface area contributed by atoms with Crippen molar-refractivity contribution in [1.29, 1.82) is 0 Å². The van der Waals surface area contributed by atoms with Crippen molar-refractivity contribution in [3.05, 3.63) is 54.0 Å². The molecule has 2 aromatic rings. The van der Waals surface area contributed by atoms with E-state index in [1.54, 1.807) is 6.07 Å². The van der Waals surface area contributed by atoms with E-state index in [0.717, 1.165) is 6.07 Å². The van der Waals surface area contributed by atoms with Crippen molar-refractivity contribution < 1.29 is 13.2 Å². The number of pyridine rings is 1. The Morgan fingerprint density at radius 3 is 2.60 bits per heavy atom. The minimum absolute atomic E-state index is 0.0772. The van der Waals surface area contributed by atoms with E-state index in [9.17, 15) is 13.2 Å². The van der Waals surface area contributed by atoms with E-state index in [1.165, 1.54) is 12.3 Å². The largest absolute Gasteiger partial charge is 0.255 e. The van der Waals surface area contributed by atoms with Crippen LogP contribution in [0.4, 0.5) is 13.2 Å². The summed E-state index contributed by atoms with van der Waals surface area (Å²) in [5.74, 6) is -3.20. The highest BCUT2D eigenvalue weighted by Gasteiger charge is 2.13. The predicted octanol–water partition coefficient (Wildman–Crippen LogP) is 2.97. The Hall–Kier alpha value is -1.84. The van der Waals surface area contributed by atoms with Crippen LogP contribution in [0.15, 0.2) is 30.5 Å². The molecule has 1 heterocycles. The molecule has 1 nitrogen and oxygen atoms in total. The molecule has 15 heavy (non-hydrogen) atoms. The molecular weight excluding hydrogens is 203 g/mol. The summed E-state index contributed by atoms with van der Waals surface area (Å²) in [5.41, 5.74) is -0.151. The molecule has 0 saturated heterocycles. The van der Waals surface area contributed by atoms with E-state index in [4.69, 9.17) is 0 Å². The molecule has 0 unspecified atom stereocenters. The highest BCUT2D eigenvalue weighted by Crippen LogP contribution is 2.23. The van der Waals surface area contributed by atoms with Gasteiger partial charge in [0.15, 0.2) is 11.6 Å². The van der Waals surface area contributed by atoms with Crippen molar-refractivity contribution in [3.63, 3.8) is 0 Å². The van der Waals surface area contributed by atoms with Gasteiger partial charge in [-0.15, -0.1) is 0 Å². The van der Waals surface area contributed by atoms with E-state index >= 15 is 0 Å². The molecule has 0 amide bonds. The second-order valence-electron chi connectivity index (χ2n) is 2.88. The lowest BCUT2D eigenvalue weighted by Crippen LogP contribution is -1.93. The van der Waals surface area contributed by atoms with Crippen LogP contribution in [0, 0.1) is 23.5 Å². The average molecular weight is 208 g/mol. The third-order valence-electron chi connectivity index (χ3n) is 1.85. The Morgan fingerprint density at radius 2 is 1.93 bits per heavy atom. The van der Waals surface area contributed by atoms with Gasteiger partial charge in [0.05, 0.1) is 5.69 Å². The molecule has 1 aromatic carbocycles. The zero-order valence-corrected chi connectivity index (χ0v) is 7.47. The molecule has 1 radical (unpaired) electrons. The highest BCUT2D eigenvalue weighted by atomic mass is 19.2. The minimum Gasteiger partial charge on any atom is -0.255 e. The van der Waals surface area contributed by atoms with E-state index in [1.807, 2.05) is 0 Å². The smallest absolute Gasteiger partial charge is 0.168 e. The Balaban J connectivity index is 2.63. The van der Waals surface area contributed by atoms with E-state index in [2.05, 4.69) is 11.1 Å². The van der Waals surface area contributed by atoms with Crippen LogP contribution in [0.1, 0.15) is 0 Å². The highest BCUT2D eigenvalue weighted by molar-refractivity contribution is 5.59. The van der Waals surface area contributed by atoms with Crippen molar-refractivity contribution >= 4 is 0 Å². The van der Waals surface area contributed by atoms with Gasteiger partial charge in [-0.3, -0.25) is 4.98 Å². The van der Waals surface area contributed by atoms with Crippen molar-refractivity contribution in [2.24, 2.45) is 0 Å². The number of hydrogen-bond acceptors (Lipinski definition) is 1. The van der Waals surface area contributed by atoms with Gasteiger partial charge in [0.25, 0.3) is 0 Å². The molecular formula is C11H5F3N. The number of rotatable bonds is 1. The SMILES string of the molecule is Fc1cc(F)c(F)c(-c2[c]cccn2)c1. The molecule has 0 saturated carbocycles. The molecule has 0 aliphatic heterocycles. The molecule has 0 N–H and O–H groups in total. The fourth-order valence-electron chi connectivity index (χ4n) is 1.20. The first kappa shape index (κ1) is 9.71. The Kier molecular flexibility index (Phi) is 2.41. The second-order valence-corrected chi connectivity index (χ2v) is 2.88. The number of nitrogens with zero attached hydrogens (tertiary/aromatic N) is 1. The monoisotopic (exact) mass is 208 g/mol. The van der Waals surface area contributed by atoms with E-state index in [-0.39, 0.29) is 11.3 Å². The summed E-state index contributed by atoms with van der Waals surface area (Å²) in [7, 11) is 0. The summed E-state index contributed by atoms with van der Waals surface area (Å²) >= 11 is 0. The van der Waals surface area contributed by atoms with Crippen molar-refractivity contribution in [3.8, 4) is 11.3 Å². The maximum atomic E-state index is 13.3. The van der Waals surface area contributed by atoms with E-state index in [0.29, 0.717) is 6.07 Å². The van der Waals surface area contributed by atoms with Gasteiger partial charge in [-0.2, -0.15) is 0 Å². The number of halogens is 3. The standard InChI is InChI=1S/C11H5F3N/c12-7-5-8(11(14)9(13)6-7)10-3-1-2-4-15-10/h1-2,4-6H. The first-order valence-electron chi connectivity index (χ1n) is 4.16. The van der Waals surface area contributed by atoms with Crippen LogP contribution in [0.3, 0.4) is 0 Å². The summed E-state index contributed by atoms with van der Waals surface area (Å²) in [4.78, 5) is 3.76.